The van der Waals surface area contributed by atoms with E-state index in [2.05, 4.69) is 15.2 Å². The zero-order valence-electron chi connectivity index (χ0n) is 17.1. The van der Waals surface area contributed by atoms with E-state index >= 15 is 0 Å². The van der Waals surface area contributed by atoms with Crippen LogP contribution in [-0.2, 0) is 19.7 Å². The van der Waals surface area contributed by atoms with Gasteiger partial charge < -0.3 is 14.8 Å². The molecule has 160 valence electrons. The van der Waals surface area contributed by atoms with E-state index in [9.17, 15) is 9.18 Å². The first-order valence-electron chi connectivity index (χ1n) is 10.5. The van der Waals surface area contributed by atoms with Crippen molar-refractivity contribution < 1.29 is 18.7 Å². The molecule has 30 heavy (non-hydrogen) atoms. The number of carbonyl (C=O) groups is 1. The molecular formula is C23H28FN3O3. The highest BCUT2D eigenvalue weighted by Crippen LogP contribution is 2.37. The fourth-order valence-corrected chi connectivity index (χ4v) is 4.47. The van der Waals surface area contributed by atoms with Crippen LogP contribution < -0.4 is 5.32 Å². The number of ether oxygens (including phenoxy) is 2. The van der Waals surface area contributed by atoms with Gasteiger partial charge in [-0.25, -0.2) is 4.39 Å². The summed E-state index contributed by atoms with van der Waals surface area (Å²) in [5.74, 6) is -0.482. The number of nitrogens with one attached hydrogen (secondary N) is 1. The summed E-state index contributed by atoms with van der Waals surface area (Å²) in [6.45, 7) is 4.24. The molecule has 2 saturated heterocycles. The Morgan fingerprint density at radius 3 is 2.53 bits per heavy atom. The topological polar surface area (TPSA) is 63.7 Å². The van der Waals surface area contributed by atoms with E-state index in [0.717, 1.165) is 18.7 Å². The predicted octanol–water partition coefficient (Wildman–Crippen LogP) is 2.46. The number of rotatable bonds is 6. The van der Waals surface area contributed by atoms with E-state index < -0.39 is 5.41 Å². The van der Waals surface area contributed by atoms with Crippen molar-refractivity contribution in [3.8, 4) is 0 Å². The predicted molar refractivity (Wildman–Crippen MR) is 111 cm³/mol. The van der Waals surface area contributed by atoms with Crippen LogP contribution in [0.4, 0.5) is 4.39 Å². The molecule has 6 nitrogen and oxygen atoms in total. The second-order valence-corrected chi connectivity index (χ2v) is 7.83. The van der Waals surface area contributed by atoms with Gasteiger partial charge >= 0.3 is 0 Å². The van der Waals surface area contributed by atoms with E-state index in [-0.39, 0.29) is 17.8 Å². The Morgan fingerprint density at radius 2 is 1.83 bits per heavy atom. The Balaban J connectivity index is 1.56. The molecule has 1 aromatic heterocycles. The minimum Gasteiger partial charge on any atom is -0.381 e. The first-order valence-corrected chi connectivity index (χ1v) is 10.5. The van der Waals surface area contributed by atoms with Gasteiger partial charge in [0.2, 0.25) is 5.91 Å². The summed E-state index contributed by atoms with van der Waals surface area (Å²) in [4.78, 5) is 20.1. The Labute approximate surface area is 176 Å². The van der Waals surface area contributed by atoms with Gasteiger partial charge in [-0.1, -0.05) is 24.3 Å². The number of benzene rings is 1. The van der Waals surface area contributed by atoms with Gasteiger partial charge in [-0.05, 0) is 30.5 Å². The van der Waals surface area contributed by atoms with E-state index in [1.807, 2.05) is 18.3 Å². The molecule has 2 aliphatic rings. The van der Waals surface area contributed by atoms with Crippen molar-refractivity contribution in [1.29, 1.82) is 0 Å². The minimum absolute atomic E-state index is 0.0101. The minimum atomic E-state index is -0.909. The second-order valence-electron chi connectivity index (χ2n) is 7.83. The number of morpholine rings is 1. The first-order chi connectivity index (χ1) is 14.7. The average Bonchev–Trinajstić information content (AvgIpc) is 2.81. The number of hydrogen-bond acceptors (Lipinski definition) is 5. The van der Waals surface area contributed by atoms with Gasteiger partial charge in [0.25, 0.3) is 0 Å². The summed E-state index contributed by atoms with van der Waals surface area (Å²) in [7, 11) is 0. The lowest BCUT2D eigenvalue weighted by atomic mass is 9.73. The molecule has 0 unspecified atom stereocenters. The van der Waals surface area contributed by atoms with Crippen molar-refractivity contribution in [2.45, 2.75) is 24.3 Å². The van der Waals surface area contributed by atoms with Crippen LogP contribution in [0.1, 0.15) is 30.0 Å². The molecule has 0 bridgehead atoms. The van der Waals surface area contributed by atoms with Crippen molar-refractivity contribution in [2.75, 3.05) is 46.1 Å². The third kappa shape index (κ3) is 4.38. The van der Waals surface area contributed by atoms with E-state index in [0.29, 0.717) is 51.4 Å². The molecule has 0 radical (unpaired) electrons. The summed E-state index contributed by atoms with van der Waals surface area (Å²) in [6, 6.07) is 10.5. The Morgan fingerprint density at radius 1 is 1.10 bits per heavy atom. The van der Waals surface area contributed by atoms with E-state index in [1.54, 1.807) is 24.4 Å². The zero-order valence-corrected chi connectivity index (χ0v) is 17.1. The largest absolute Gasteiger partial charge is 0.381 e. The van der Waals surface area contributed by atoms with Crippen molar-refractivity contribution >= 4 is 5.91 Å². The maximum atomic E-state index is 14.7. The van der Waals surface area contributed by atoms with Crippen LogP contribution in [0.2, 0.25) is 0 Å². The lowest BCUT2D eigenvalue weighted by Gasteiger charge is -2.38. The highest BCUT2D eigenvalue weighted by atomic mass is 19.1. The van der Waals surface area contributed by atoms with Crippen molar-refractivity contribution in [3.05, 3.63) is 65.7 Å². The lowest BCUT2D eigenvalue weighted by Crippen LogP contribution is -2.51. The van der Waals surface area contributed by atoms with Gasteiger partial charge in [-0.15, -0.1) is 0 Å². The highest BCUT2D eigenvalue weighted by Gasteiger charge is 2.43. The second kappa shape index (κ2) is 9.64. The van der Waals surface area contributed by atoms with Crippen LogP contribution in [0.25, 0.3) is 0 Å². The molecule has 4 rings (SSSR count). The molecule has 0 spiro atoms. The Hall–Kier alpha value is -2.35. The van der Waals surface area contributed by atoms with Crippen molar-refractivity contribution in [2.24, 2.45) is 0 Å². The summed E-state index contributed by atoms with van der Waals surface area (Å²) < 4.78 is 25.7. The van der Waals surface area contributed by atoms with Gasteiger partial charge in [0, 0.05) is 50.8 Å². The monoisotopic (exact) mass is 413 g/mol. The molecule has 2 fully saturated rings. The molecule has 1 aromatic carbocycles. The molecule has 2 aliphatic heterocycles. The van der Waals surface area contributed by atoms with E-state index in [1.165, 1.54) is 6.07 Å². The van der Waals surface area contributed by atoms with Gasteiger partial charge in [0.15, 0.2) is 0 Å². The van der Waals surface area contributed by atoms with Crippen LogP contribution in [0.3, 0.4) is 0 Å². The molecular weight excluding hydrogens is 385 g/mol. The van der Waals surface area contributed by atoms with Crippen molar-refractivity contribution in [1.82, 2.24) is 15.2 Å². The summed E-state index contributed by atoms with van der Waals surface area (Å²) in [5.41, 5.74) is 0.593. The van der Waals surface area contributed by atoms with Crippen LogP contribution in [0.5, 0.6) is 0 Å². The molecule has 1 amide bonds. The van der Waals surface area contributed by atoms with Crippen molar-refractivity contribution in [3.63, 3.8) is 0 Å². The number of halogens is 1. The van der Waals surface area contributed by atoms with Gasteiger partial charge in [0.05, 0.1) is 24.7 Å². The fraction of sp³-hybridized carbons (Fsp3) is 0.478. The van der Waals surface area contributed by atoms with E-state index in [4.69, 9.17) is 9.47 Å². The summed E-state index contributed by atoms with van der Waals surface area (Å²) in [5, 5.41) is 3.14. The first kappa shape index (κ1) is 20.9. The smallest absolute Gasteiger partial charge is 0.231 e. The number of carbonyl (C=O) groups excluding carboxylic acids is 1. The van der Waals surface area contributed by atoms with Crippen LogP contribution in [0, 0.1) is 5.82 Å². The number of nitrogens with zero attached hydrogens (tertiary/aromatic N) is 2. The maximum absolute atomic E-state index is 14.7. The fourth-order valence-electron chi connectivity index (χ4n) is 4.47. The molecule has 0 aliphatic carbocycles. The summed E-state index contributed by atoms with van der Waals surface area (Å²) >= 11 is 0. The number of amides is 1. The average molecular weight is 413 g/mol. The normalized spacial score (nSPS) is 20.4. The molecule has 1 atom stereocenters. The molecule has 7 heteroatoms. The highest BCUT2D eigenvalue weighted by molar-refractivity contribution is 5.88. The SMILES string of the molecule is O=C(NC[C@H](c1cccnc1)N1CCOCC1)C1(c2ccccc2F)CCOCC1. The van der Waals surface area contributed by atoms with Crippen LogP contribution in [0.15, 0.2) is 48.8 Å². The van der Waals surface area contributed by atoms with Gasteiger partial charge in [-0.2, -0.15) is 0 Å². The number of pyridine rings is 1. The third-order valence-electron chi connectivity index (χ3n) is 6.18. The van der Waals surface area contributed by atoms with Crippen LogP contribution in [-0.4, -0.2) is 61.9 Å². The maximum Gasteiger partial charge on any atom is 0.231 e. The number of aromatic nitrogens is 1. The summed E-state index contributed by atoms with van der Waals surface area (Å²) in [6.07, 6.45) is 4.52. The zero-order chi connectivity index (χ0) is 20.8. The molecule has 0 saturated carbocycles. The number of hydrogen-bond donors (Lipinski definition) is 1. The van der Waals surface area contributed by atoms with Gasteiger partial charge in [0.1, 0.15) is 5.82 Å². The molecule has 1 N–H and O–H groups in total. The Bertz CT molecular complexity index is 837. The van der Waals surface area contributed by atoms with Gasteiger partial charge in [-0.3, -0.25) is 14.7 Å². The molecule has 3 heterocycles. The lowest BCUT2D eigenvalue weighted by molar-refractivity contribution is -0.131. The quantitative estimate of drug-likeness (QED) is 0.788. The Kier molecular flexibility index (Phi) is 6.72. The standard InChI is InChI=1S/C23H28FN3O3/c24-20-6-2-1-5-19(20)23(7-12-29-13-8-23)22(28)26-17-21(18-4-3-9-25-16-18)27-10-14-30-15-11-27/h1-6,9,16,21H,7-8,10-15,17H2,(H,26,28)/t21-/m1/s1. The third-order valence-corrected chi connectivity index (χ3v) is 6.18. The molecule has 2 aromatic rings. The van der Waals surface area contributed by atoms with Crippen LogP contribution >= 0.6 is 0 Å².